The first-order chi connectivity index (χ1) is 11.7. The van der Waals surface area contributed by atoms with Crippen LogP contribution in [0.2, 0.25) is 0 Å². The fraction of sp³-hybridized carbons (Fsp3) is 0. The van der Waals surface area contributed by atoms with Crippen molar-refractivity contribution in [3.63, 3.8) is 0 Å². The van der Waals surface area contributed by atoms with Gasteiger partial charge < -0.3 is 4.42 Å². The lowest BCUT2D eigenvalue weighted by Gasteiger charge is -1.99. The van der Waals surface area contributed by atoms with E-state index in [-0.39, 0.29) is 5.69 Å². The van der Waals surface area contributed by atoms with Crippen molar-refractivity contribution in [2.24, 2.45) is 0 Å². The van der Waals surface area contributed by atoms with Crippen LogP contribution in [0.15, 0.2) is 77.2 Å². The molecule has 0 saturated carbocycles. The number of rotatable bonds is 3. The summed E-state index contributed by atoms with van der Waals surface area (Å²) in [6, 6.07) is 22.1. The van der Waals surface area contributed by atoms with Gasteiger partial charge in [-0.3, -0.25) is 10.1 Å². The summed E-state index contributed by atoms with van der Waals surface area (Å²) in [6.07, 6.45) is 0. The van der Waals surface area contributed by atoms with Crippen molar-refractivity contribution in [1.29, 1.82) is 0 Å². The fourth-order valence-electron chi connectivity index (χ4n) is 2.61. The Hall–Kier alpha value is -3.47. The molecule has 0 aliphatic heterocycles. The molecule has 0 radical (unpaired) electrons. The summed E-state index contributed by atoms with van der Waals surface area (Å²) in [5.74, 6) is 0.374. The quantitative estimate of drug-likeness (QED) is 0.391. The Morgan fingerprint density at radius 1 is 0.833 bits per heavy atom. The van der Waals surface area contributed by atoms with E-state index in [0.29, 0.717) is 17.0 Å². The van der Waals surface area contributed by atoms with E-state index in [1.54, 1.807) is 12.1 Å². The average molecular weight is 316 g/mol. The van der Waals surface area contributed by atoms with E-state index in [9.17, 15) is 10.1 Å². The van der Waals surface area contributed by atoms with Crippen molar-refractivity contribution in [2.45, 2.75) is 0 Å². The van der Waals surface area contributed by atoms with Crippen LogP contribution >= 0.6 is 0 Å². The fourth-order valence-corrected chi connectivity index (χ4v) is 2.61. The van der Waals surface area contributed by atoms with E-state index in [2.05, 4.69) is 4.98 Å². The van der Waals surface area contributed by atoms with Crippen LogP contribution in [0.3, 0.4) is 0 Å². The van der Waals surface area contributed by atoms with Gasteiger partial charge in [0, 0.05) is 17.7 Å². The number of fused-ring (bicyclic) bond motifs is 1. The molecule has 0 fully saturated rings. The maximum absolute atomic E-state index is 10.9. The lowest BCUT2D eigenvalue weighted by atomic mass is 10.1. The Morgan fingerprint density at radius 2 is 1.62 bits per heavy atom. The third-order valence-electron chi connectivity index (χ3n) is 3.80. The summed E-state index contributed by atoms with van der Waals surface area (Å²) in [4.78, 5) is 15.0. The Labute approximate surface area is 137 Å². The Bertz CT molecular complexity index is 1040. The molecule has 4 rings (SSSR count). The van der Waals surface area contributed by atoms with Gasteiger partial charge in [0.15, 0.2) is 5.58 Å². The van der Waals surface area contributed by atoms with Crippen LogP contribution in [0.4, 0.5) is 5.69 Å². The number of non-ortho nitro benzene ring substituents is 1. The molecule has 3 aromatic carbocycles. The van der Waals surface area contributed by atoms with Gasteiger partial charge in [-0.1, -0.05) is 42.5 Å². The van der Waals surface area contributed by atoms with Gasteiger partial charge in [-0.15, -0.1) is 0 Å². The Morgan fingerprint density at radius 3 is 2.42 bits per heavy atom. The molecular formula is C19H12N2O3. The number of oxazole rings is 1. The average Bonchev–Trinajstić information content (AvgIpc) is 3.06. The zero-order valence-electron chi connectivity index (χ0n) is 12.5. The summed E-state index contributed by atoms with van der Waals surface area (Å²) in [6.45, 7) is 0. The highest BCUT2D eigenvalue weighted by atomic mass is 16.6. The second-order valence-electron chi connectivity index (χ2n) is 5.37. The highest BCUT2D eigenvalue weighted by Gasteiger charge is 2.13. The zero-order chi connectivity index (χ0) is 16.5. The Kier molecular flexibility index (Phi) is 3.31. The van der Waals surface area contributed by atoms with E-state index in [0.717, 1.165) is 16.6 Å². The minimum Gasteiger partial charge on any atom is -0.436 e. The van der Waals surface area contributed by atoms with Crippen LogP contribution in [0.5, 0.6) is 0 Å². The summed E-state index contributed by atoms with van der Waals surface area (Å²) in [7, 11) is 0. The highest BCUT2D eigenvalue weighted by molar-refractivity contribution is 5.82. The first-order valence-corrected chi connectivity index (χ1v) is 7.41. The highest BCUT2D eigenvalue weighted by Crippen LogP contribution is 2.29. The molecule has 24 heavy (non-hydrogen) atoms. The van der Waals surface area contributed by atoms with Crippen molar-refractivity contribution < 1.29 is 9.34 Å². The summed E-state index contributed by atoms with van der Waals surface area (Å²) >= 11 is 0. The van der Waals surface area contributed by atoms with Gasteiger partial charge in [0.2, 0.25) is 5.89 Å². The van der Waals surface area contributed by atoms with Crippen LogP contribution < -0.4 is 0 Å². The van der Waals surface area contributed by atoms with Gasteiger partial charge in [-0.25, -0.2) is 4.98 Å². The lowest BCUT2D eigenvalue weighted by molar-refractivity contribution is -0.384. The maximum Gasteiger partial charge on any atom is 0.270 e. The largest absolute Gasteiger partial charge is 0.436 e. The smallest absolute Gasteiger partial charge is 0.270 e. The van der Waals surface area contributed by atoms with E-state index in [1.807, 2.05) is 48.5 Å². The molecule has 116 valence electrons. The maximum atomic E-state index is 10.9. The van der Waals surface area contributed by atoms with E-state index < -0.39 is 4.92 Å². The molecule has 0 N–H and O–H groups in total. The van der Waals surface area contributed by atoms with E-state index in [4.69, 9.17) is 4.42 Å². The SMILES string of the molecule is O=[N+]([O-])c1cccc(-c2nc3cc(-c4ccccc4)ccc3o2)c1. The molecule has 0 unspecified atom stereocenters. The first-order valence-electron chi connectivity index (χ1n) is 7.41. The van der Waals surface area contributed by atoms with Crippen molar-refractivity contribution in [1.82, 2.24) is 4.98 Å². The molecule has 0 aliphatic carbocycles. The van der Waals surface area contributed by atoms with Gasteiger partial charge in [-0.05, 0) is 29.3 Å². The van der Waals surface area contributed by atoms with Crippen molar-refractivity contribution in [2.75, 3.05) is 0 Å². The molecule has 5 heteroatoms. The van der Waals surface area contributed by atoms with Crippen LogP contribution in [-0.2, 0) is 0 Å². The van der Waals surface area contributed by atoms with Gasteiger partial charge in [0.25, 0.3) is 5.69 Å². The van der Waals surface area contributed by atoms with Crippen LogP contribution in [0.1, 0.15) is 0 Å². The predicted octanol–water partition coefficient (Wildman–Crippen LogP) is 5.07. The van der Waals surface area contributed by atoms with E-state index in [1.165, 1.54) is 12.1 Å². The number of hydrogen-bond acceptors (Lipinski definition) is 4. The second kappa shape index (κ2) is 5.62. The lowest BCUT2D eigenvalue weighted by Crippen LogP contribution is -1.87. The monoisotopic (exact) mass is 316 g/mol. The number of aromatic nitrogens is 1. The van der Waals surface area contributed by atoms with Crippen molar-refractivity contribution in [3.8, 4) is 22.6 Å². The van der Waals surface area contributed by atoms with Gasteiger partial charge in [0.1, 0.15) is 5.52 Å². The zero-order valence-corrected chi connectivity index (χ0v) is 12.5. The van der Waals surface area contributed by atoms with Crippen molar-refractivity contribution >= 4 is 16.8 Å². The number of nitrogens with zero attached hydrogens (tertiary/aromatic N) is 2. The number of nitro groups is 1. The van der Waals surface area contributed by atoms with Gasteiger partial charge in [-0.2, -0.15) is 0 Å². The van der Waals surface area contributed by atoms with Crippen LogP contribution in [-0.4, -0.2) is 9.91 Å². The topological polar surface area (TPSA) is 69.2 Å². The molecule has 0 bridgehead atoms. The normalized spacial score (nSPS) is 10.8. The minimum atomic E-state index is -0.431. The molecule has 0 amide bonds. The summed E-state index contributed by atoms with van der Waals surface area (Å²) in [5.41, 5.74) is 4.11. The number of benzene rings is 3. The van der Waals surface area contributed by atoms with Crippen LogP contribution in [0, 0.1) is 10.1 Å². The Balaban J connectivity index is 1.79. The first kappa shape index (κ1) is 14.1. The third-order valence-corrected chi connectivity index (χ3v) is 3.80. The standard InChI is InChI=1S/C19H12N2O3/c22-21(23)16-8-4-7-15(11-16)19-20-17-12-14(9-10-18(17)24-19)13-5-2-1-3-6-13/h1-12H. The molecule has 0 spiro atoms. The molecule has 0 aliphatic rings. The molecule has 1 heterocycles. The van der Waals surface area contributed by atoms with Gasteiger partial charge in [0.05, 0.1) is 4.92 Å². The molecule has 0 saturated heterocycles. The van der Waals surface area contributed by atoms with E-state index >= 15 is 0 Å². The summed E-state index contributed by atoms with van der Waals surface area (Å²) < 4.78 is 5.75. The number of hydrogen-bond donors (Lipinski definition) is 0. The minimum absolute atomic E-state index is 0.0136. The predicted molar refractivity (Wildman–Crippen MR) is 91.5 cm³/mol. The molecule has 1 aromatic heterocycles. The summed E-state index contributed by atoms with van der Waals surface area (Å²) in [5, 5.41) is 10.9. The van der Waals surface area contributed by atoms with Crippen molar-refractivity contribution in [3.05, 3.63) is 82.9 Å². The molecule has 4 aromatic rings. The van der Waals surface area contributed by atoms with Crippen LogP contribution in [0.25, 0.3) is 33.7 Å². The number of nitro benzene ring substituents is 1. The molecule has 0 atom stereocenters. The molecular weight excluding hydrogens is 304 g/mol. The second-order valence-corrected chi connectivity index (χ2v) is 5.37. The van der Waals surface area contributed by atoms with Gasteiger partial charge >= 0.3 is 0 Å². The molecule has 5 nitrogen and oxygen atoms in total. The third kappa shape index (κ3) is 2.52.